The molecule has 0 aliphatic carbocycles. The molecule has 1 aliphatic rings. The topological polar surface area (TPSA) is 70.1 Å². The second kappa shape index (κ2) is 5.56. The van der Waals surface area contributed by atoms with E-state index in [0.717, 1.165) is 12.8 Å². The largest absolute Gasteiger partial charge is 0.480 e. The highest BCUT2D eigenvalue weighted by Gasteiger charge is 2.38. The van der Waals surface area contributed by atoms with Crippen molar-refractivity contribution in [3.05, 3.63) is 0 Å². The summed E-state index contributed by atoms with van der Waals surface area (Å²) in [5.74, 6) is -1.02. The van der Waals surface area contributed by atoms with E-state index < -0.39 is 11.5 Å². The molecule has 1 saturated heterocycles. The Bertz CT molecular complexity index is 330. The van der Waals surface area contributed by atoms with E-state index in [1.807, 2.05) is 0 Å². The van der Waals surface area contributed by atoms with Gasteiger partial charge in [0.15, 0.2) is 0 Å². The molecule has 0 spiro atoms. The van der Waals surface area contributed by atoms with Crippen molar-refractivity contribution in [2.75, 3.05) is 27.2 Å². The Kier molecular flexibility index (Phi) is 4.56. The molecule has 1 rings (SSSR count). The molecule has 18 heavy (non-hydrogen) atoms. The molecule has 1 fully saturated rings. The minimum atomic E-state index is -1.21. The summed E-state index contributed by atoms with van der Waals surface area (Å²) in [5.41, 5.74) is -1.21. The summed E-state index contributed by atoms with van der Waals surface area (Å²) in [7, 11) is 3.15. The summed E-state index contributed by atoms with van der Waals surface area (Å²) in [6, 6.07) is -0.260. The van der Waals surface area contributed by atoms with E-state index in [2.05, 4.69) is 0 Å². The van der Waals surface area contributed by atoms with Crippen LogP contribution in [0.15, 0.2) is 0 Å². The van der Waals surface area contributed by atoms with Gasteiger partial charge in [-0.1, -0.05) is 0 Å². The number of rotatable bonds is 3. The predicted octanol–water partition coefficient (Wildman–Crippen LogP) is 1.01. The van der Waals surface area contributed by atoms with E-state index in [4.69, 9.17) is 9.84 Å². The first-order valence-corrected chi connectivity index (χ1v) is 6.09. The molecule has 6 nitrogen and oxygen atoms in total. The fourth-order valence-corrected chi connectivity index (χ4v) is 1.90. The highest BCUT2D eigenvalue weighted by atomic mass is 16.5. The summed E-state index contributed by atoms with van der Waals surface area (Å²) in [6.07, 6.45) is 1.86. The lowest BCUT2D eigenvalue weighted by molar-refractivity contribution is -0.147. The number of carboxylic acid groups (broad SMARTS) is 1. The Balaban J connectivity index is 2.72. The van der Waals surface area contributed by atoms with E-state index in [0.29, 0.717) is 13.1 Å². The van der Waals surface area contributed by atoms with Crippen molar-refractivity contribution in [3.63, 3.8) is 0 Å². The number of likely N-dealkylation sites (N-methyl/N-ethyl adjacent to an activating group) is 1. The molecule has 0 bridgehead atoms. The van der Waals surface area contributed by atoms with Crippen LogP contribution in [-0.4, -0.2) is 65.8 Å². The number of hydrogen-bond donors (Lipinski definition) is 1. The van der Waals surface area contributed by atoms with Gasteiger partial charge in [0.05, 0.1) is 6.10 Å². The zero-order chi connectivity index (χ0) is 13.9. The van der Waals surface area contributed by atoms with Crippen LogP contribution < -0.4 is 0 Å². The van der Waals surface area contributed by atoms with E-state index in [1.165, 1.54) is 25.8 Å². The van der Waals surface area contributed by atoms with E-state index >= 15 is 0 Å². The maximum atomic E-state index is 12.2. The van der Waals surface area contributed by atoms with Gasteiger partial charge in [-0.2, -0.15) is 0 Å². The van der Waals surface area contributed by atoms with Gasteiger partial charge in [0.1, 0.15) is 5.54 Å². The smallest absolute Gasteiger partial charge is 0.329 e. The standard InChI is InChI=1S/C12H22N2O4/c1-12(2,10(15)16)13(3)11(17)14-7-5-6-9(8-14)18-4/h9H,5-8H2,1-4H3,(H,15,16). The van der Waals surface area contributed by atoms with Gasteiger partial charge in [-0.3, -0.25) is 0 Å². The fourth-order valence-electron chi connectivity index (χ4n) is 1.90. The molecule has 0 radical (unpaired) electrons. The Morgan fingerprint density at radius 2 is 2.06 bits per heavy atom. The lowest BCUT2D eigenvalue weighted by atomic mass is 10.0. The molecule has 0 aromatic heterocycles. The summed E-state index contributed by atoms with van der Waals surface area (Å²) in [6.45, 7) is 4.21. The average Bonchev–Trinajstić information content (AvgIpc) is 2.36. The number of urea groups is 1. The van der Waals surface area contributed by atoms with Crippen molar-refractivity contribution >= 4 is 12.0 Å². The first-order valence-electron chi connectivity index (χ1n) is 6.09. The molecule has 6 heteroatoms. The Hall–Kier alpha value is -1.30. The van der Waals surface area contributed by atoms with E-state index in [9.17, 15) is 9.59 Å². The van der Waals surface area contributed by atoms with Crippen LogP contribution in [0.5, 0.6) is 0 Å². The van der Waals surface area contributed by atoms with Gasteiger partial charge in [0.2, 0.25) is 0 Å². The van der Waals surface area contributed by atoms with Crippen LogP contribution >= 0.6 is 0 Å². The van der Waals surface area contributed by atoms with Gasteiger partial charge in [0.25, 0.3) is 0 Å². The molecule has 1 heterocycles. The second-order valence-corrected chi connectivity index (χ2v) is 5.15. The number of nitrogens with zero attached hydrogens (tertiary/aromatic N) is 2. The minimum absolute atomic E-state index is 0.0454. The lowest BCUT2D eigenvalue weighted by Crippen LogP contribution is -2.57. The van der Waals surface area contributed by atoms with E-state index in [1.54, 1.807) is 12.0 Å². The van der Waals surface area contributed by atoms with E-state index in [-0.39, 0.29) is 12.1 Å². The van der Waals surface area contributed by atoms with Crippen LogP contribution in [0.25, 0.3) is 0 Å². The van der Waals surface area contributed by atoms with Crippen molar-refractivity contribution in [2.24, 2.45) is 0 Å². The van der Waals surface area contributed by atoms with Gasteiger partial charge < -0.3 is 19.6 Å². The fraction of sp³-hybridized carbons (Fsp3) is 0.833. The van der Waals surface area contributed by atoms with Crippen LogP contribution in [0.4, 0.5) is 4.79 Å². The van der Waals surface area contributed by atoms with Crippen LogP contribution in [0, 0.1) is 0 Å². The molecular weight excluding hydrogens is 236 g/mol. The van der Waals surface area contributed by atoms with Crippen LogP contribution in [0.1, 0.15) is 26.7 Å². The number of carbonyl (C=O) groups excluding carboxylic acids is 1. The molecular formula is C12H22N2O4. The van der Waals surface area contributed by atoms with Crippen molar-refractivity contribution < 1.29 is 19.4 Å². The highest BCUT2D eigenvalue weighted by molar-refractivity contribution is 5.85. The van der Waals surface area contributed by atoms with Gasteiger partial charge in [0, 0.05) is 27.2 Å². The Morgan fingerprint density at radius 3 is 2.56 bits per heavy atom. The summed E-state index contributed by atoms with van der Waals surface area (Å²) in [4.78, 5) is 26.3. The van der Waals surface area contributed by atoms with Crippen LogP contribution in [-0.2, 0) is 9.53 Å². The summed E-state index contributed by atoms with van der Waals surface area (Å²) >= 11 is 0. The highest BCUT2D eigenvalue weighted by Crippen LogP contribution is 2.19. The lowest BCUT2D eigenvalue weighted by Gasteiger charge is -2.39. The number of methoxy groups -OCH3 is 1. The molecule has 1 atom stereocenters. The third kappa shape index (κ3) is 2.93. The molecule has 104 valence electrons. The van der Waals surface area contributed by atoms with Gasteiger partial charge in [-0.05, 0) is 26.7 Å². The monoisotopic (exact) mass is 258 g/mol. The SMILES string of the molecule is COC1CCCN(C(=O)N(C)C(C)(C)C(=O)O)C1. The molecule has 1 N–H and O–H groups in total. The van der Waals surface area contributed by atoms with Crippen LogP contribution in [0.3, 0.4) is 0 Å². The van der Waals surface area contributed by atoms with Gasteiger partial charge >= 0.3 is 12.0 Å². The zero-order valence-corrected chi connectivity index (χ0v) is 11.5. The van der Waals surface area contributed by atoms with Crippen LogP contribution in [0.2, 0.25) is 0 Å². The Morgan fingerprint density at radius 1 is 1.44 bits per heavy atom. The summed E-state index contributed by atoms with van der Waals surface area (Å²) in [5, 5.41) is 9.12. The number of aliphatic carboxylic acids is 1. The van der Waals surface area contributed by atoms with Gasteiger partial charge in [-0.25, -0.2) is 9.59 Å². The number of hydrogen-bond acceptors (Lipinski definition) is 3. The van der Waals surface area contributed by atoms with Crippen molar-refractivity contribution in [3.8, 4) is 0 Å². The first-order chi connectivity index (χ1) is 8.30. The zero-order valence-electron chi connectivity index (χ0n) is 11.5. The maximum absolute atomic E-state index is 12.2. The van der Waals surface area contributed by atoms with Gasteiger partial charge in [-0.15, -0.1) is 0 Å². The molecule has 0 aromatic carbocycles. The number of ether oxygens (including phenoxy) is 1. The average molecular weight is 258 g/mol. The predicted molar refractivity (Wildman–Crippen MR) is 66.5 cm³/mol. The molecule has 2 amide bonds. The normalized spacial score (nSPS) is 20.7. The molecule has 1 aliphatic heterocycles. The first kappa shape index (κ1) is 14.8. The quantitative estimate of drug-likeness (QED) is 0.820. The molecule has 0 aromatic rings. The molecule has 0 saturated carbocycles. The molecule has 1 unspecified atom stereocenters. The number of likely N-dealkylation sites (tertiary alicyclic amines) is 1. The number of piperidine rings is 1. The van der Waals surface area contributed by atoms with Crippen molar-refractivity contribution in [2.45, 2.75) is 38.3 Å². The van der Waals surface area contributed by atoms with Crippen molar-refractivity contribution in [1.29, 1.82) is 0 Å². The van der Waals surface area contributed by atoms with Crippen molar-refractivity contribution in [1.82, 2.24) is 9.80 Å². The number of amides is 2. The number of carboxylic acids is 1. The third-order valence-corrected chi connectivity index (χ3v) is 3.63. The minimum Gasteiger partial charge on any atom is -0.480 e. The Labute approximate surface area is 107 Å². The third-order valence-electron chi connectivity index (χ3n) is 3.63. The maximum Gasteiger partial charge on any atom is 0.329 e. The number of carbonyl (C=O) groups is 2. The second-order valence-electron chi connectivity index (χ2n) is 5.15. The summed E-state index contributed by atoms with van der Waals surface area (Å²) < 4.78 is 5.26.